The number of alkyl halides is 4. The molecule has 0 aromatic heterocycles. The predicted octanol–water partition coefficient (Wildman–Crippen LogP) is 5.25. The van der Waals surface area contributed by atoms with Crippen molar-refractivity contribution < 1.29 is 41.5 Å². The maximum atomic E-state index is 13.8. The number of hydrogen-bond donors (Lipinski definition) is 3. The molecular weight excluding hydrogens is 793 g/mol. The van der Waals surface area contributed by atoms with Crippen LogP contribution in [0.5, 0.6) is 5.75 Å². The molecule has 0 aliphatic carbocycles. The first kappa shape index (κ1) is 43.0. The van der Waals surface area contributed by atoms with Crippen molar-refractivity contribution in [3.63, 3.8) is 0 Å². The van der Waals surface area contributed by atoms with Gasteiger partial charge >= 0.3 is 6.18 Å². The number of nitriles is 1. The molecule has 3 fully saturated rings. The summed E-state index contributed by atoms with van der Waals surface area (Å²) in [6.07, 6.45) is -4.19. The highest BCUT2D eigenvalue weighted by Gasteiger charge is 2.51. The van der Waals surface area contributed by atoms with Crippen molar-refractivity contribution in [2.45, 2.75) is 63.8 Å². The van der Waals surface area contributed by atoms with Crippen molar-refractivity contribution in [3.05, 3.63) is 77.4 Å². The van der Waals surface area contributed by atoms with Crippen molar-refractivity contribution in [2.24, 2.45) is 0 Å². The number of nitrogens with zero attached hydrogens (tertiary/aromatic N) is 5. The molecule has 3 heterocycles. The van der Waals surface area contributed by atoms with E-state index in [1.165, 1.54) is 17.0 Å². The first-order valence-corrected chi connectivity index (χ1v) is 19.5. The quantitative estimate of drug-likeness (QED) is 0.118. The number of piperidine rings is 1. The van der Waals surface area contributed by atoms with Crippen LogP contribution in [0, 0.1) is 11.3 Å². The van der Waals surface area contributed by atoms with Crippen LogP contribution in [0.25, 0.3) is 0 Å². The van der Waals surface area contributed by atoms with E-state index in [2.05, 4.69) is 25.8 Å². The Balaban J connectivity index is 1.03. The highest BCUT2D eigenvalue weighted by Crippen LogP contribution is 2.40. The maximum Gasteiger partial charge on any atom is 0.417 e. The van der Waals surface area contributed by atoms with Gasteiger partial charge in [-0.15, -0.1) is 0 Å². The van der Waals surface area contributed by atoms with Gasteiger partial charge in [0.1, 0.15) is 23.9 Å². The average Bonchev–Trinajstić information content (AvgIpc) is 3.35. The van der Waals surface area contributed by atoms with Gasteiger partial charge in [0.2, 0.25) is 17.7 Å². The van der Waals surface area contributed by atoms with Gasteiger partial charge < -0.3 is 20.3 Å². The number of ether oxygens (including phenoxy) is 1. The van der Waals surface area contributed by atoms with Crippen LogP contribution in [-0.2, 0) is 31.8 Å². The first-order valence-electron chi connectivity index (χ1n) is 19.1. The van der Waals surface area contributed by atoms with E-state index in [0.717, 1.165) is 17.0 Å². The molecule has 13 nitrogen and oxygen atoms in total. The second-order valence-corrected chi connectivity index (χ2v) is 15.5. The van der Waals surface area contributed by atoms with Crippen LogP contribution in [-0.4, -0.2) is 102 Å². The number of aryl methyl sites for hydroxylation is 1. The number of nitrogens with one attached hydrogen (secondary N) is 3. The number of carbonyl (C=O) groups is 4. The fourth-order valence-corrected chi connectivity index (χ4v) is 8.02. The van der Waals surface area contributed by atoms with Gasteiger partial charge in [0.15, 0.2) is 5.11 Å². The van der Waals surface area contributed by atoms with Gasteiger partial charge in [-0.1, -0.05) is 6.07 Å². The van der Waals surface area contributed by atoms with E-state index in [0.29, 0.717) is 61.0 Å². The third kappa shape index (κ3) is 9.64. The third-order valence-corrected chi connectivity index (χ3v) is 11.0. The summed E-state index contributed by atoms with van der Waals surface area (Å²) in [4.78, 5) is 57.1. The Bertz CT molecular complexity index is 2180. The summed E-state index contributed by atoms with van der Waals surface area (Å²) in [5, 5.41) is 17.5. The molecule has 3 N–H and O–H groups in total. The van der Waals surface area contributed by atoms with Gasteiger partial charge in [-0.05, 0) is 99.6 Å². The Kier molecular flexibility index (Phi) is 12.9. The van der Waals surface area contributed by atoms with Gasteiger partial charge in [0, 0.05) is 62.1 Å². The van der Waals surface area contributed by atoms with E-state index < -0.39 is 41.5 Å². The Labute approximate surface area is 344 Å². The molecule has 3 aromatic rings. The number of rotatable bonds is 13. The summed E-state index contributed by atoms with van der Waals surface area (Å²) in [5.74, 6) is -0.993. The Morgan fingerprint density at radius 1 is 1.05 bits per heavy atom. The van der Waals surface area contributed by atoms with E-state index in [1.54, 1.807) is 56.3 Å². The van der Waals surface area contributed by atoms with Crippen molar-refractivity contribution in [3.8, 4) is 11.8 Å². The number of hydrogen-bond acceptors (Lipinski definition) is 10. The zero-order valence-electron chi connectivity index (χ0n) is 32.7. The lowest BCUT2D eigenvalue weighted by molar-refractivity contribution is -0.138. The van der Waals surface area contributed by atoms with E-state index in [4.69, 9.17) is 17.0 Å². The minimum Gasteiger partial charge on any atom is -0.492 e. The van der Waals surface area contributed by atoms with Gasteiger partial charge in [0.25, 0.3) is 5.91 Å². The molecule has 0 spiro atoms. The molecule has 1 unspecified atom stereocenters. The van der Waals surface area contributed by atoms with Gasteiger partial charge in [-0.3, -0.25) is 43.6 Å². The van der Waals surface area contributed by atoms with E-state index >= 15 is 0 Å². The summed E-state index contributed by atoms with van der Waals surface area (Å²) in [5.41, 5.74) is -1.04. The average molecular weight is 837 g/mol. The molecule has 0 bridgehead atoms. The fourth-order valence-electron chi connectivity index (χ4n) is 7.50. The highest BCUT2D eigenvalue weighted by molar-refractivity contribution is 7.81. The van der Waals surface area contributed by atoms with Gasteiger partial charge in [0.05, 0.1) is 36.1 Å². The summed E-state index contributed by atoms with van der Waals surface area (Å²) >= 11 is 5.67. The minimum atomic E-state index is -4.83. The molecular formula is C41H44F4N8O5S. The minimum absolute atomic E-state index is 0.00481. The van der Waals surface area contributed by atoms with Crippen molar-refractivity contribution >= 4 is 63.7 Å². The van der Waals surface area contributed by atoms with Crippen LogP contribution in [0.15, 0.2) is 60.7 Å². The third-order valence-electron chi connectivity index (χ3n) is 10.6. The number of anilines is 4. The normalized spacial score (nSPS) is 20.0. The maximum absolute atomic E-state index is 13.8. The van der Waals surface area contributed by atoms with Gasteiger partial charge in [-0.2, -0.15) is 18.4 Å². The van der Waals surface area contributed by atoms with Gasteiger partial charge in [-0.25, -0.2) is 0 Å². The number of halogens is 4. The van der Waals surface area contributed by atoms with Crippen LogP contribution in [0.3, 0.4) is 0 Å². The summed E-state index contributed by atoms with van der Waals surface area (Å²) in [6.45, 7) is 7.54. The molecule has 0 radical (unpaired) electrons. The SMILES string of the molecule is C[C@@H]1CN(CCOc2ccc(N3C(=S)N(c4ccc(C#N)c(C(F)(F)F)c4)C(=O)C3(C)C)cc2CCF)CCN1CC(=O)Nc1cccc(NC2CCC(=O)NC2=O)c1. The fraction of sp³-hybridized carbons (Fsp3) is 0.415. The molecule has 3 aromatic carbocycles. The lowest BCUT2D eigenvalue weighted by Gasteiger charge is -2.39. The Morgan fingerprint density at radius 3 is 2.49 bits per heavy atom. The number of thiocarbonyl (C=S) groups is 1. The summed E-state index contributed by atoms with van der Waals surface area (Å²) in [7, 11) is 0. The molecule has 3 saturated heterocycles. The zero-order chi connectivity index (χ0) is 42.6. The van der Waals surface area contributed by atoms with Crippen LogP contribution in [0.4, 0.5) is 40.3 Å². The monoisotopic (exact) mass is 836 g/mol. The number of benzene rings is 3. The molecule has 3 aliphatic rings. The highest BCUT2D eigenvalue weighted by atomic mass is 32.1. The molecule has 312 valence electrons. The summed E-state index contributed by atoms with van der Waals surface area (Å²) < 4.78 is 61.3. The molecule has 18 heteroatoms. The Hall–Kier alpha value is -5.64. The number of amides is 4. The lowest BCUT2D eigenvalue weighted by atomic mass is 10.0. The van der Waals surface area contributed by atoms with Crippen molar-refractivity contribution in [2.75, 3.05) is 66.4 Å². The van der Waals surface area contributed by atoms with E-state index in [-0.39, 0.29) is 60.6 Å². The number of piperazine rings is 1. The second-order valence-electron chi connectivity index (χ2n) is 15.1. The van der Waals surface area contributed by atoms with Crippen LogP contribution < -0.4 is 30.5 Å². The smallest absolute Gasteiger partial charge is 0.417 e. The van der Waals surface area contributed by atoms with Crippen LogP contribution in [0.1, 0.15) is 50.3 Å². The predicted molar refractivity (Wildman–Crippen MR) is 217 cm³/mol. The van der Waals surface area contributed by atoms with Crippen molar-refractivity contribution in [1.29, 1.82) is 5.26 Å². The van der Waals surface area contributed by atoms with Crippen LogP contribution >= 0.6 is 12.2 Å². The van der Waals surface area contributed by atoms with Crippen LogP contribution in [0.2, 0.25) is 0 Å². The number of imide groups is 1. The lowest BCUT2D eigenvalue weighted by Crippen LogP contribution is -2.54. The largest absolute Gasteiger partial charge is 0.492 e. The zero-order valence-corrected chi connectivity index (χ0v) is 33.5. The topological polar surface area (TPSA) is 150 Å². The summed E-state index contributed by atoms with van der Waals surface area (Å²) in [6, 6.07) is 16.1. The number of carbonyl (C=O) groups excluding carboxylic acids is 4. The first-order chi connectivity index (χ1) is 28.0. The van der Waals surface area contributed by atoms with E-state index in [9.17, 15) is 42.0 Å². The standard InChI is InChI=1S/C41H44F4N8O5S/c1-25-23-50(15-16-51(25)24-36(55)48-29-6-4-5-28(20-29)47-33-10-12-35(54)49-37(33)56)17-18-58-34-11-9-31(19-26(34)13-14-42)53-39(59)52(38(57)40(53,2)3)30-8-7-27(22-46)32(21-30)41(43,44)45/h4-9,11,19-21,25,33,47H,10,12-18,23-24H2,1-3H3,(H,48,55)(H,49,54,56)/t25-,33?/m1/s1. The molecule has 3 aliphatic heterocycles. The Morgan fingerprint density at radius 2 is 1.80 bits per heavy atom. The van der Waals surface area contributed by atoms with Crippen molar-refractivity contribution in [1.82, 2.24) is 15.1 Å². The van der Waals surface area contributed by atoms with E-state index in [1.807, 2.05) is 6.92 Å². The molecule has 2 atom stereocenters. The molecule has 6 rings (SSSR count). The molecule has 0 saturated carbocycles. The molecule has 59 heavy (non-hydrogen) atoms. The molecule has 4 amide bonds. The second kappa shape index (κ2) is 17.7.